The number of rotatable bonds is 4. The SMILES string of the molecule is CCCNS(=O)(=O)c1ccc(C)o1. The lowest BCUT2D eigenvalue weighted by Crippen LogP contribution is -2.23. The van der Waals surface area contributed by atoms with Crippen LogP contribution in [0.5, 0.6) is 0 Å². The Morgan fingerprint density at radius 2 is 2.15 bits per heavy atom. The molecule has 0 unspecified atom stereocenters. The van der Waals surface area contributed by atoms with Crippen LogP contribution in [0.3, 0.4) is 0 Å². The van der Waals surface area contributed by atoms with Crippen molar-refractivity contribution in [2.75, 3.05) is 6.54 Å². The number of hydrogen-bond donors (Lipinski definition) is 1. The van der Waals surface area contributed by atoms with E-state index < -0.39 is 10.0 Å². The third kappa shape index (κ3) is 2.57. The minimum atomic E-state index is -3.42. The lowest BCUT2D eigenvalue weighted by atomic mass is 10.5. The molecule has 0 aliphatic rings. The van der Waals surface area contributed by atoms with Crippen LogP contribution in [0.2, 0.25) is 0 Å². The van der Waals surface area contributed by atoms with Gasteiger partial charge >= 0.3 is 0 Å². The van der Waals surface area contributed by atoms with Gasteiger partial charge in [-0.05, 0) is 25.5 Å². The fourth-order valence-electron chi connectivity index (χ4n) is 0.864. The van der Waals surface area contributed by atoms with Crippen molar-refractivity contribution in [1.82, 2.24) is 4.72 Å². The molecule has 0 saturated carbocycles. The van der Waals surface area contributed by atoms with Gasteiger partial charge in [-0.1, -0.05) is 6.92 Å². The molecule has 4 nitrogen and oxygen atoms in total. The summed E-state index contributed by atoms with van der Waals surface area (Å²) in [5, 5.41) is -0.0153. The predicted octanol–water partition coefficient (Wildman–Crippen LogP) is 1.28. The van der Waals surface area contributed by atoms with E-state index in [0.717, 1.165) is 6.42 Å². The Morgan fingerprint density at radius 1 is 1.46 bits per heavy atom. The molecule has 0 aliphatic carbocycles. The van der Waals surface area contributed by atoms with Crippen LogP contribution >= 0.6 is 0 Å². The van der Waals surface area contributed by atoms with Gasteiger partial charge in [0.25, 0.3) is 10.0 Å². The van der Waals surface area contributed by atoms with Gasteiger partial charge < -0.3 is 4.42 Å². The van der Waals surface area contributed by atoms with Crippen LogP contribution in [0.1, 0.15) is 19.1 Å². The highest BCUT2D eigenvalue weighted by atomic mass is 32.2. The molecule has 0 fully saturated rings. The van der Waals surface area contributed by atoms with Crippen molar-refractivity contribution in [3.8, 4) is 0 Å². The van der Waals surface area contributed by atoms with Gasteiger partial charge in [-0.3, -0.25) is 0 Å². The van der Waals surface area contributed by atoms with Crippen LogP contribution in [0.15, 0.2) is 21.6 Å². The zero-order valence-corrected chi connectivity index (χ0v) is 8.52. The zero-order valence-electron chi connectivity index (χ0n) is 7.70. The first-order chi connectivity index (χ1) is 6.06. The maximum atomic E-state index is 11.4. The minimum Gasteiger partial charge on any atom is -0.449 e. The molecule has 0 radical (unpaired) electrons. The fourth-order valence-corrected chi connectivity index (χ4v) is 1.97. The van der Waals surface area contributed by atoms with Crippen molar-refractivity contribution >= 4 is 10.0 Å². The van der Waals surface area contributed by atoms with E-state index in [1.165, 1.54) is 6.07 Å². The largest absolute Gasteiger partial charge is 0.449 e. The summed E-state index contributed by atoms with van der Waals surface area (Å²) >= 11 is 0. The van der Waals surface area contributed by atoms with Crippen molar-refractivity contribution in [3.05, 3.63) is 17.9 Å². The highest BCUT2D eigenvalue weighted by Crippen LogP contribution is 2.12. The topological polar surface area (TPSA) is 59.3 Å². The Kier molecular flexibility index (Phi) is 3.11. The van der Waals surface area contributed by atoms with E-state index in [1.54, 1.807) is 13.0 Å². The van der Waals surface area contributed by atoms with Gasteiger partial charge in [-0.25, -0.2) is 13.1 Å². The predicted molar refractivity (Wildman–Crippen MR) is 48.9 cm³/mol. The monoisotopic (exact) mass is 203 g/mol. The Balaban J connectivity index is 2.82. The van der Waals surface area contributed by atoms with E-state index >= 15 is 0 Å². The van der Waals surface area contributed by atoms with Crippen LogP contribution in [0, 0.1) is 6.92 Å². The van der Waals surface area contributed by atoms with Gasteiger partial charge in [0.2, 0.25) is 5.09 Å². The summed E-state index contributed by atoms with van der Waals surface area (Å²) in [5.74, 6) is 0.594. The molecule has 1 N–H and O–H groups in total. The summed E-state index contributed by atoms with van der Waals surface area (Å²) in [7, 11) is -3.42. The smallest absolute Gasteiger partial charge is 0.273 e. The summed E-state index contributed by atoms with van der Waals surface area (Å²) in [6.07, 6.45) is 0.763. The third-order valence-electron chi connectivity index (χ3n) is 1.52. The molecule has 0 aliphatic heterocycles. The van der Waals surface area contributed by atoms with Crippen molar-refractivity contribution in [3.63, 3.8) is 0 Å². The first-order valence-corrected chi connectivity index (χ1v) is 5.60. The Morgan fingerprint density at radius 3 is 2.62 bits per heavy atom. The molecule has 0 spiro atoms. The maximum absolute atomic E-state index is 11.4. The van der Waals surface area contributed by atoms with E-state index in [1.807, 2.05) is 6.92 Å². The van der Waals surface area contributed by atoms with Gasteiger partial charge in [0.05, 0.1) is 0 Å². The maximum Gasteiger partial charge on any atom is 0.273 e. The summed E-state index contributed by atoms with van der Waals surface area (Å²) < 4.78 is 30.2. The molecule has 1 heterocycles. The third-order valence-corrected chi connectivity index (χ3v) is 2.86. The molecule has 0 amide bonds. The molecule has 0 aromatic carbocycles. The van der Waals surface area contributed by atoms with Gasteiger partial charge in [0, 0.05) is 6.54 Å². The second-order valence-electron chi connectivity index (χ2n) is 2.76. The van der Waals surface area contributed by atoms with E-state index in [2.05, 4.69) is 4.72 Å². The summed E-state index contributed by atoms with van der Waals surface area (Å²) in [5.41, 5.74) is 0. The van der Waals surface area contributed by atoms with Crippen LogP contribution in [-0.4, -0.2) is 15.0 Å². The molecule has 0 bridgehead atoms. The van der Waals surface area contributed by atoms with E-state index in [-0.39, 0.29) is 5.09 Å². The summed E-state index contributed by atoms with van der Waals surface area (Å²) in [6.45, 7) is 4.04. The molecule has 1 aromatic heterocycles. The molecular formula is C8H13NO3S. The highest BCUT2D eigenvalue weighted by molar-refractivity contribution is 7.89. The fraction of sp³-hybridized carbons (Fsp3) is 0.500. The summed E-state index contributed by atoms with van der Waals surface area (Å²) in [4.78, 5) is 0. The molecule has 5 heteroatoms. The van der Waals surface area contributed by atoms with Gasteiger partial charge in [-0.2, -0.15) is 0 Å². The van der Waals surface area contributed by atoms with E-state index in [0.29, 0.717) is 12.3 Å². The van der Waals surface area contributed by atoms with Gasteiger partial charge in [-0.15, -0.1) is 0 Å². The molecule has 1 rings (SSSR count). The number of aryl methyl sites for hydroxylation is 1. The molecule has 1 aromatic rings. The summed E-state index contributed by atoms with van der Waals surface area (Å²) in [6, 6.07) is 3.08. The van der Waals surface area contributed by atoms with E-state index in [9.17, 15) is 8.42 Å². The highest BCUT2D eigenvalue weighted by Gasteiger charge is 2.16. The van der Waals surface area contributed by atoms with Crippen LogP contribution in [-0.2, 0) is 10.0 Å². The zero-order chi connectivity index (χ0) is 9.90. The number of nitrogens with one attached hydrogen (secondary N) is 1. The van der Waals surface area contributed by atoms with Crippen molar-refractivity contribution in [1.29, 1.82) is 0 Å². The Labute approximate surface area is 78.0 Å². The van der Waals surface area contributed by atoms with Crippen LogP contribution < -0.4 is 4.72 Å². The first kappa shape index (κ1) is 10.3. The average molecular weight is 203 g/mol. The van der Waals surface area contributed by atoms with E-state index in [4.69, 9.17) is 4.42 Å². The number of sulfonamides is 1. The van der Waals surface area contributed by atoms with Crippen LogP contribution in [0.25, 0.3) is 0 Å². The lowest BCUT2D eigenvalue weighted by Gasteiger charge is -2.00. The molecular weight excluding hydrogens is 190 g/mol. The van der Waals surface area contributed by atoms with Gasteiger partial charge in [0.15, 0.2) is 0 Å². The minimum absolute atomic E-state index is 0.0153. The number of hydrogen-bond acceptors (Lipinski definition) is 3. The molecule has 0 atom stereocenters. The first-order valence-electron chi connectivity index (χ1n) is 4.12. The average Bonchev–Trinajstić information content (AvgIpc) is 2.49. The number of furan rings is 1. The van der Waals surface area contributed by atoms with Gasteiger partial charge in [0.1, 0.15) is 5.76 Å². The van der Waals surface area contributed by atoms with Crippen molar-refractivity contribution < 1.29 is 12.8 Å². The molecule has 74 valence electrons. The normalized spacial score (nSPS) is 11.8. The Bertz CT molecular complexity index is 366. The Hall–Kier alpha value is -0.810. The standard InChI is InChI=1S/C8H13NO3S/c1-3-6-9-13(10,11)8-5-4-7(2)12-8/h4-5,9H,3,6H2,1-2H3. The van der Waals surface area contributed by atoms with Crippen molar-refractivity contribution in [2.24, 2.45) is 0 Å². The second-order valence-corrected chi connectivity index (χ2v) is 4.46. The second kappa shape index (κ2) is 3.93. The molecule has 0 saturated heterocycles. The molecule has 13 heavy (non-hydrogen) atoms. The van der Waals surface area contributed by atoms with Crippen LogP contribution in [0.4, 0.5) is 0 Å². The quantitative estimate of drug-likeness (QED) is 0.801. The van der Waals surface area contributed by atoms with Crippen molar-refractivity contribution in [2.45, 2.75) is 25.4 Å². The lowest BCUT2D eigenvalue weighted by molar-refractivity contribution is 0.425.